The van der Waals surface area contributed by atoms with Crippen molar-refractivity contribution >= 4 is 187 Å². The first-order valence-electron chi connectivity index (χ1n) is 14.6. The van der Waals surface area contributed by atoms with Crippen molar-refractivity contribution in [3.8, 4) is 0 Å². The molecular weight excluding hydrogens is 532 g/mol. The van der Waals surface area contributed by atoms with Gasteiger partial charge in [0.15, 0.2) is 0 Å². The lowest BCUT2D eigenvalue weighted by Crippen LogP contribution is -2.72. The predicted molar refractivity (Wildman–Crippen MR) is 210 cm³/mol. The Labute approximate surface area is 286 Å². The summed E-state index contributed by atoms with van der Waals surface area (Å²) in [5.41, 5.74) is 10.8. The Morgan fingerprint density at radius 1 is 0.444 bits per heavy atom. The highest BCUT2D eigenvalue weighted by Crippen LogP contribution is 2.14. The molecule has 190 valence electrons. The second-order valence-corrected chi connectivity index (χ2v) is 11.7. The minimum Gasteiger partial charge on any atom is -0.445 e. The van der Waals surface area contributed by atoms with E-state index in [1.807, 2.05) is 48.5 Å². The fraction of sp³-hybridized carbons (Fsp3) is 0.280. The van der Waals surface area contributed by atoms with Crippen molar-refractivity contribution in [1.82, 2.24) is 0 Å². The smallest absolute Gasteiger partial charge is 0.445 e. The highest BCUT2D eigenvalue weighted by molar-refractivity contribution is 7.37. The van der Waals surface area contributed by atoms with Crippen molar-refractivity contribution in [3.05, 3.63) is 38.9 Å². The zero-order chi connectivity index (χ0) is 33.8. The van der Waals surface area contributed by atoms with Gasteiger partial charge in [-0.2, -0.15) is 0 Å². The molecule has 1 aliphatic heterocycles. The van der Waals surface area contributed by atoms with Gasteiger partial charge in [-0.25, -0.2) is 0 Å². The van der Waals surface area contributed by atoms with Crippen molar-refractivity contribution in [2.24, 2.45) is 0 Å². The maximum absolute atomic E-state index is 6.76. The van der Waals surface area contributed by atoms with E-state index in [2.05, 4.69) is 0 Å². The molecule has 0 spiro atoms. The van der Waals surface area contributed by atoms with Crippen molar-refractivity contribution in [1.29, 1.82) is 0 Å². The Kier molecular flexibility index (Phi) is 11.4. The van der Waals surface area contributed by atoms with Crippen LogP contribution < -0.4 is 60.1 Å². The molecule has 0 saturated carbocycles. The summed E-state index contributed by atoms with van der Waals surface area (Å²) < 4.78 is 19.8. The summed E-state index contributed by atoms with van der Waals surface area (Å²) in [7, 11) is 63.3. The topological polar surface area (TPSA) is 27.7 Å². The average molecular weight is 553 g/mol. The third kappa shape index (κ3) is 6.19. The summed E-state index contributed by atoms with van der Waals surface area (Å²) in [6.45, 7) is 11.2. The molecule has 4 rings (SSSR count). The normalized spacial score (nSPS) is 13.3. The van der Waals surface area contributed by atoms with Gasteiger partial charge in [0.1, 0.15) is 31.4 Å². The number of rotatable bonds is 7. The molecular formula is C25H21B17O3. The maximum Gasteiger partial charge on any atom is 0.466 e. The summed E-state index contributed by atoms with van der Waals surface area (Å²) in [6.07, 6.45) is 0. The Hall–Kier alpha value is -1.36. The number of hydrogen-bond acceptors (Lipinski definition) is 3. The summed E-state index contributed by atoms with van der Waals surface area (Å²) >= 11 is 0. The highest BCUT2D eigenvalue weighted by Gasteiger charge is 2.47. The van der Waals surface area contributed by atoms with Gasteiger partial charge in [-0.3, -0.25) is 0 Å². The van der Waals surface area contributed by atoms with Crippen molar-refractivity contribution in [2.45, 2.75) is 48.5 Å². The minimum atomic E-state index is -1.18. The molecule has 0 unspecified atom stereocenters. The Morgan fingerprint density at radius 3 is 1.40 bits per heavy atom. The molecule has 0 N–H and O–H groups in total. The maximum atomic E-state index is 6.76. The lowest BCUT2D eigenvalue weighted by molar-refractivity contribution is 0.309. The van der Waals surface area contributed by atoms with E-state index in [0.29, 0.717) is 60.3 Å². The van der Waals surface area contributed by atoms with Gasteiger partial charge < -0.3 is 13.7 Å². The first-order chi connectivity index (χ1) is 21.0. The van der Waals surface area contributed by atoms with Crippen LogP contribution in [0.15, 0.2) is 0 Å². The van der Waals surface area contributed by atoms with Gasteiger partial charge in [-0.15, -0.1) is 21.9 Å². The second kappa shape index (κ2) is 14.0. The van der Waals surface area contributed by atoms with E-state index in [4.69, 9.17) is 91.5 Å². The molecule has 1 fully saturated rings. The first kappa shape index (κ1) is 36.5. The molecule has 1 heterocycles. The van der Waals surface area contributed by atoms with Gasteiger partial charge in [0.2, 0.25) is 0 Å². The van der Waals surface area contributed by atoms with Gasteiger partial charge in [-0.1, -0.05) is 55.2 Å². The third-order valence-electron chi connectivity index (χ3n) is 9.35. The molecule has 0 atom stereocenters. The van der Waals surface area contributed by atoms with E-state index in [1.165, 1.54) is 14.3 Å². The third-order valence-corrected chi connectivity index (χ3v) is 9.35. The van der Waals surface area contributed by atoms with Crippen LogP contribution in [0, 0.1) is 48.5 Å². The van der Waals surface area contributed by atoms with E-state index in [-0.39, 0.29) is 5.46 Å². The summed E-state index contributed by atoms with van der Waals surface area (Å²) in [5, 5.41) is 0. The second-order valence-electron chi connectivity index (χ2n) is 11.7. The van der Waals surface area contributed by atoms with Crippen LogP contribution >= 0.6 is 0 Å². The van der Waals surface area contributed by atoms with E-state index < -0.39 is 34.3 Å². The van der Waals surface area contributed by atoms with Gasteiger partial charge in [0.05, 0.1) is 27.3 Å². The van der Waals surface area contributed by atoms with Gasteiger partial charge in [0, 0.05) is 46.4 Å². The summed E-state index contributed by atoms with van der Waals surface area (Å²) in [6, 6.07) is 0. The summed E-state index contributed by atoms with van der Waals surface area (Å²) in [5.74, 6) is 0. The number of hydrogen-bond donors (Lipinski definition) is 0. The van der Waals surface area contributed by atoms with Crippen molar-refractivity contribution in [3.63, 3.8) is 0 Å². The Morgan fingerprint density at radius 2 is 0.911 bits per heavy atom. The summed E-state index contributed by atoms with van der Waals surface area (Å²) in [4.78, 5) is 0. The zero-order valence-electron chi connectivity index (χ0n) is 27.0. The monoisotopic (exact) mass is 556 g/mol. The molecule has 3 nitrogen and oxygen atoms in total. The SMILES string of the molecule is [B][B]c1c([B])c(C)c(B2OB(c3c([B])c(C)c([B][B])c(C)c3C)OB(c3c([B])c([B])c(C)c(C)c3B([B])[B])O2)c(B([B])[B])c1C. The van der Waals surface area contributed by atoms with E-state index >= 15 is 0 Å². The van der Waals surface area contributed by atoms with Gasteiger partial charge in [0.25, 0.3) is 0 Å². The lowest BCUT2D eigenvalue weighted by Gasteiger charge is -2.38. The Bertz CT molecular complexity index is 1630. The fourth-order valence-corrected chi connectivity index (χ4v) is 6.46. The van der Waals surface area contributed by atoms with Crippen LogP contribution in [-0.4, -0.2) is 126 Å². The van der Waals surface area contributed by atoms with Crippen molar-refractivity contribution in [2.75, 3.05) is 0 Å². The largest absolute Gasteiger partial charge is 0.466 e. The molecule has 45 heavy (non-hydrogen) atoms. The van der Waals surface area contributed by atoms with E-state index in [0.717, 1.165) is 33.3 Å². The molecule has 1 saturated heterocycles. The van der Waals surface area contributed by atoms with Crippen LogP contribution in [0.4, 0.5) is 0 Å². The molecule has 20 heteroatoms. The molecule has 22 radical (unpaired) electrons. The molecule has 3 aromatic rings. The quantitative estimate of drug-likeness (QED) is 0.273. The van der Waals surface area contributed by atoms with Gasteiger partial charge in [-0.05, 0) is 70.4 Å². The first-order valence-corrected chi connectivity index (χ1v) is 14.6. The highest BCUT2D eigenvalue weighted by atomic mass is 16.7. The van der Waals surface area contributed by atoms with Crippen LogP contribution in [0.5, 0.6) is 0 Å². The van der Waals surface area contributed by atoms with Crippen LogP contribution in [0.3, 0.4) is 0 Å². The van der Waals surface area contributed by atoms with Gasteiger partial charge >= 0.3 is 21.4 Å². The number of benzene rings is 3. The zero-order valence-corrected chi connectivity index (χ0v) is 27.0. The molecule has 0 amide bonds. The molecule has 0 bridgehead atoms. The van der Waals surface area contributed by atoms with Crippen LogP contribution in [0.25, 0.3) is 0 Å². The van der Waals surface area contributed by atoms with Crippen molar-refractivity contribution < 1.29 is 13.7 Å². The fourth-order valence-electron chi connectivity index (χ4n) is 6.46. The molecule has 1 aliphatic rings. The van der Waals surface area contributed by atoms with Crippen LogP contribution in [0.1, 0.15) is 38.9 Å². The Balaban J connectivity index is 2.08. The molecule has 3 aromatic carbocycles. The standard InChI is InChI=1S/C25H21B17O3/c1-8-10(3)22(38(32)33)25(18(29)15(8)26)42-44-40(21-11(4)9(2)19(36-30)12(5)17(21)28)43-41(45-42)24-13(6)16(27)20(37-31)14(7)23(24)39(34)35/h1-7H3. The molecule has 0 aliphatic carbocycles. The average Bonchev–Trinajstić information content (AvgIpc) is 2.98. The predicted octanol–water partition coefficient (Wildman–Crippen LogP) is -8.54. The molecule has 0 aromatic heterocycles. The van der Waals surface area contributed by atoms with E-state index in [1.54, 1.807) is 0 Å². The lowest BCUT2D eigenvalue weighted by atomic mass is 9.15. The minimum absolute atomic E-state index is 0.222. The van der Waals surface area contributed by atoms with Crippen LogP contribution in [0.2, 0.25) is 0 Å². The van der Waals surface area contributed by atoms with E-state index in [9.17, 15) is 0 Å². The van der Waals surface area contributed by atoms with Crippen LogP contribution in [-0.2, 0) is 13.7 Å².